The van der Waals surface area contributed by atoms with E-state index in [1.54, 1.807) is 14.2 Å². The number of aromatic amines is 2. The van der Waals surface area contributed by atoms with Crippen LogP contribution in [0.3, 0.4) is 0 Å². The summed E-state index contributed by atoms with van der Waals surface area (Å²) in [5, 5.41) is 7.36. The molecule has 164 valence electrons. The van der Waals surface area contributed by atoms with Crippen LogP contribution in [0.2, 0.25) is 0 Å². The summed E-state index contributed by atoms with van der Waals surface area (Å²) in [5.74, 6) is 2.09. The van der Waals surface area contributed by atoms with Gasteiger partial charge in [-0.3, -0.25) is 14.8 Å². The zero-order valence-electron chi connectivity index (χ0n) is 18.7. The Labute approximate surface area is 181 Å². The number of aromatic nitrogens is 4. The molecular weight excluding hydrogens is 394 g/mol. The molecule has 0 aliphatic carbocycles. The van der Waals surface area contributed by atoms with Crippen LogP contribution in [-0.4, -0.2) is 45.8 Å². The summed E-state index contributed by atoms with van der Waals surface area (Å²) in [7, 11) is 3.24. The highest BCUT2D eigenvalue weighted by Gasteiger charge is 2.25. The molecule has 1 aliphatic heterocycles. The third-order valence-corrected chi connectivity index (χ3v) is 5.64. The number of nitrogens with zero attached hydrogens (tertiary/aromatic N) is 3. The summed E-state index contributed by atoms with van der Waals surface area (Å²) < 4.78 is 10.8. The highest BCUT2D eigenvalue weighted by Crippen LogP contribution is 2.33. The Kier molecular flexibility index (Phi) is 5.58. The lowest BCUT2D eigenvalue weighted by molar-refractivity contribution is 0.241. The van der Waals surface area contributed by atoms with Gasteiger partial charge in [0, 0.05) is 42.6 Å². The maximum atomic E-state index is 12.7. The van der Waals surface area contributed by atoms with Crippen LogP contribution in [0.4, 0.5) is 0 Å². The molecular formula is C23H29N5O3. The molecule has 0 saturated carbocycles. The number of hydrogen-bond acceptors (Lipinski definition) is 6. The van der Waals surface area contributed by atoms with Gasteiger partial charge >= 0.3 is 0 Å². The van der Waals surface area contributed by atoms with Gasteiger partial charge in [-0.05, 0) is 18.2 Å². The number of benzene rings is 1. The molecule has 0 spiro atoms. The van der Waals surface area contributed by atoms with Crippen LogP contribution in [0, 0.1) is 0 Å². The molecule has 0 unspecified atom stereocenters. The third-order valence-electron chi connectivity index (χ3n) is 5.64. The van der Waals surface area contributed by atoms with Crippen molar-refractivity contribution in [1.29, 1.82) is 0 Å². The Bertz CT molecular complexity index is 1140. The molecule has 3 aromatic rings. The van der Waals surface area contributed by atoms with Gasteiger partial charge in [-0.25, -0.2) is 4.98 Å². The van der Waals surface area contributed by atoms with Crippen molar-refractivity contribution < 1.29 is 9.47 Å². The van der Waals surface area contributed by atoms with Crippen molar-refractivity contribution in [2.24, 2.45) is 0 Å². The molecule has 2 N–H and O–H groups in total. The van der Waals surface area contributed by atoms with Gasteiger partial charge in [-0.2, -0.15) is 5.10 Å². The topological polar surface area (TPSA) is 96.1 Å². The molecule has 8 heteroatoms. The largest absolute Gasteiger partial charge is 0.493 e. The van der Waals surface area contributed by atoms with Crippen LogP contribution in [0.5, 0.6) is 11.5 Å². The first-order valence-corrected chi connectivity index (χ1v) is 10.4. The maximum absolute atomic E-state index is 12.7. The van der Waals surface area contributed by atoms with Crippen molar-refractivity contribution in [2.45, 2.75) is 45.7 Å². The lowest BCUT2D eigenvalue weighted by Crippen LogP contribution is -2.37. The minimum absolute atomic E-state index is 0.0352. The SMILES string of the molecule is COc1ccc(-c2[nH]ncc2CN2CCc3nc(C(C)(C)C)[nH]c(=O)c3C2)cc1OC. The molecule has 0 atom stereocenters. The van der Waals surface area contributed by atoms with E-state index in [9.17, 15) is 4.79 Å². The Morgan fingerprint density at radius 1 is 1.16 bits per heavy atom. The first kappa shape index (κ1) is 21.1. The molecule has 0 amide bonds. The highest BCUT2D eigenvalue weighted by atomic mass is 16.5. The molecule has 2 aromatic heterocycles. The van der Waals surface area contributed by atoms with Gasteiger partial charge in [-0.15, -0.1) is 0 Å². The molecule has 4 rings (SSSR count). The average Bonchev–Trinajstić information content (AvgIpc) is 3.21. The van der Waals surface area contributed by atoms with E-state index in [4.69, 9.17) is 14.5 Å². The van der Waals surface area contributed by atoms with E-state index in [1.807, 2.05) is 24.4 Å². The number of hydrogen-bond donors (Lipinski definition) is 2. The van der Waals surface area contributed by atoms with Gasteiger partial charge in [0.25, 0.3) is 5.56 Å². The van der Waals surface area contributed by atoms with Gasteiger partial charge in [-0.1, -0.05) is 20.8 Å². The zero-order chi connectivity index (χ0) is 22.2. The monoisotopic (exact) mass is 423 g/mol. The van der Waals surface area contributed by atoms with E-state index in [1.165, 1.54) is 0 Å². The van der Waals surface area contributed by atoms with Crippen LogP contribution in [0.15, 0.2) is 29.2 Å². The first-order valence-electron chi connectivity index (χ1n) is 10.4. The number of methoxy groups -OCH3 is 2. The summed E-state index contributed by atoms with van der Waals surface area (Å²) in [4.78, 5) is 22.7. The fourth-order valence-corrected chi connectivity index (χ4v) is 3.88. The van der Waals surface area contributed by atoms with Crippen molar-refractivity contribution in [3.63, 3.8) is 0 Å². The summed E-state index contributed by atoms with van der Waals surface area (Å²) in [6.45, 7) is 8.26. The molecule has 8 nitrogen and oxygen atoms in total. The second-order valence-corrected chi connectivity index (χ2v) is 8.89. The number of H-pyrrole nitrogens is 2. The van der Waals surface area contributed by atoms with Crippen LogP contribution in [-0.2, 0) is 24.9 Å². The molecule has 1 aromatic carbocycles. The Balaban J connectivity index is 1.57. The van der Waals surface area contributed by atoms with Crippen molar-refractivity contribution in [3.8, 4) is 22.8 Å². The number of nitrogens with one attached hydrogen (secondary N) is 2. The fourth-order valence-electron chi connectivity index (χ4n) is 3.88. The van der Waals surface area contributed by atoms with Gasteiger partial charge in [0.2, 0.25) is 0 Å². The van der Waals surface area contributed by atoms with Gasteiger partial charge in [0.15, 0.2) is 11.5 Å². The van der Waals surface area contributed by atoms with E-state index in [0.29, 0.717) is 24.6 Å². The second-order valence-electron chi connectivity index (χ2n) is 8.89. The highest BCUT2D eigenvalue weighted by molar-refractivity contribution is 5.66. The normalized spacial score (nSPS) is 14.4. The number of ether oxygens (including phenoxy) is 2. The van der Waals surface area contributed by atoms with E-state index < -0.39 is 0 Å². The summed E-state index contributed by atoms with van der Waals surface area (Å²) >= 11 is 0. The second kappa shape index (κ2) is 8.19. The molecule has 0 bridgehead atoms. The number of fused-ring (bicyclic) bond motifs is 1. The third kappa shape index (κ3) is 4.20. The minimum Gasteiger partial charge on any atom is -0.493 e. The van der Waals surface area contributed by atoms with E-state index >= 15 is 0 Å². The van der Waals surface area contributed by atoms with E-state index in [2.05, 4.69) is 40.9 Å². The van der Waals surface area contributed by atoms with Gasteiger partial charge in [0.1, 0.15) is 5.82 Å². The maximum Gasteiger partial charge on any atom is 0.255 e. The lowest BCUT2D eigenvalue weighted by Gasteiger charge is -2.28. The predicted molar refractivity (Wildman–Crippen MR) is 119 cm³/mol. The van der Waals surface area contributed by atoms with Gasteiger partial charge < -0.3 is 14.5 Å². The standard InChI is InChI=1S/C23H29N5O3/c1-23(2,3)22-25-17-8-9-28(13-16(17)21(29)26-22)12-15-11-24-27-20(15)14-6-7-18(30-4)19(10-14)31-5/h6-7,10-11H,8-9,12-13H2,1-5H3,(H,24,27)(H,25,26,29). The molecule has 0 radical (unpaired) electrons. The van der Waals surface area contributed by atoms with Crippen LogP contribution in [0.1, 0.15) is 43.4 Å². The zero-order valence-corrected chi connectivity index (χ0v) is 18.7. The smallest absolute Gasteiger partial charge is 0.255 e. The van der Waals surface area contributed by atoms with Crippen molar-refractivity contribution in [2.75, 3.05) is 20.8 Å². The van der Waals surface area contributed by atoms with Crippen molar-refractivity contribution in [3.05, 3.63) is 57.4 Å². The molecule has 3 heterocycles. The Morgan fingerprint density at radius 2 is 1.94 bits per heavy atom. The fraction of sp³-hybridized carbons (Fsp3) is 0.435. The van der Waals surface area contributed by atoms with E-state index in [-0.39, 0.29) is 11.0 Å². The molecule has 0 saturated heterocycles. The lowest BCUT2D eigenvalue weighted by atomic mass is 9.95. The predicted octanol–water partition coefficient (Wildman–Crippen LogP) is 3.03. The quantitative estimate of drug-likeness (QED) is 0.655. The molecule has 31 heavy (non-hydrogen) atoms. The summed E-state index contributed by atoms with van der Waals surface area (Å²) in [6, 6.07) is 5.80. The molecule has 1 aliphatic rings. The van der Waals surface area contributed by atoms with Crippen LogP contribution < -0.4 is 15.0 Å². The number of rotatable bonds is 5. The Hall–Kier alpha value is -3.13. The van der Waals surface area contributed by atoms with E-state index in [0.717, 1.165) is 46.9 Å². The Morgan fingerprint density at radius 3 is 2.65 bits per heavy atom. The van der Waals surface area contributed by atoms with Crippen LogP contribution in [0.25, 0.3) is 11.3 Å². The average molecular weight is 424 g/mol. The first-order chi connectivity index (χ1) is 14.8. The molecule has 0 fully saturated rings. The van der Waals surface area contributed by atoms with Crippen molar-refractivity contribution >= 4 is 0 Å². The summed E-state index contributed by atoms with van der Waals surface area (Å²) in [5.41, 5.74) is 4.42. The van der Waals surface area contributed by atoms with Crippen molar-refractivity contribution in [1.82, 2.24) is 25.1 Å². The summed E-state index contributed by atoms with van der Waals surface area (Å²) in [6.07, 6.45) is 2.60. The van der Waals surface area contributed by atoms with Gasteiger partial charge in [0.05, 0.1) is 37.4 Å². The minimum atomic E-state index is -0.184. The van der Waals surface area contributed by atoms with Crippen LogP contribution >= 0.6 is 0 Å².